The first kappa shape index (κ1) is 29.7. The molecule has 0 heterocycles. The molecule has 0 aliphatic carbocycles. The quantitative estimate of drug-likeness (QED) is 0.188. The summed E-state index contributed by atoms with van der Waals surface area (Å²) in [5.74, 6) is 0. The molecule has 0 atom stereocenters. The van der Waals surface area contributed by atoms with Gasteiger partial charge in [0.05, 0.1) is 16.7 Å². The van der Waals surface area contributed by atoms with Crippen LogP contribution in [-0.2, 0) is 0 Å². The van der Waals surface area contributed by atoms with Crippen molar-refractivity contribution in [2.75, 3.05) is 0 Å². The highest BCUT2D eigenvalue weighted by Gasteiger charge is 2.30. The summed E-state index contributed by atoms with van der Waals surface area (Å²) in [6.45, 7) is 0. The maximum atomic E-state index is 11.1. The Hall–Kier alpha value is -6.99. The van der Waals surface area contributed by atoms with Crippen molar-refractivity contribution in [3.05, 3.63) is 180 Å². The summed E-state index contributed by atoms with van der Waals surface area (Å²) in [6, 6.07) is 61.0. The van der Waals surface area contributed by atoms with Gasteiger partial charge in [0.1, 0.15) is 18.2 Å². The molecule has 0 aromatic heterocycles. The smallest absolute Gasteiger partial charge is 0.101 e. The van der Waals surface area contributed by atoms with E-state index in [1.807, 2.05) is 164 Å². The van der Waals surface area contributed by atoms with Crippen molar-refractivity contribution in [1.29, 1.82) is 15.8 Å². The van der Waals surface area contributed by atoms with Gasteiger partial charge in [0.25, 0.3) is 0 Å². The largest absolute Gasteiger partial charge is 0.192 e. The van der Waals surface area contributed by atoms with Crippen molar-refractivity contribution >= 4 is 0 Å². The van der Waals surface area contributed by atoms with Crippen LogP contribution in [0.1, 0.15) is 16.7 Å². The Labute approximate surface area is 280 Å². The van der Waals surface area contributed by atoms with Gasteiger partial charge in [-0.3, -0.25) is 0 Å². The van der Waals surface area contributed by atoms with Gasteiger partial charge >= 0.3 is 0 Å². The van der Waals surface area contributed by atoms with Gasteiger partial charge in [-0.2, -0.15) is 15.8 Å². The minimum Gasteiger partial charge on any atom is -0.192 e. The van der Waals surface area contributed by atoms with Crippen LogP contribution in [-0.4, -0.2) is 0 Å². The normalized spacial score (nSPS) is 10.4. The number of hydrogen-bond donors (Lipinski definition) is 0. The topological polar surface area (TPSA) is 71.4 Å². The number of nitrogens with zero attached hydrogens (tertiary/aromatic N) is 3. The third kappa shape index (κ3) is 5.21. The fraction of sp³-hybridized carbons (Fsp3) is 0. The van der Waals surface area contributed by atoms with Crippen molar-refractivity contribution in [2.45, 2.75) is 0 Å². The lowest BCUT2D eigenvalue weighted by atomic mass is 9.77. The summed E-state index contributed by atoms with van der Waals surface area (Å²) in [5.41, 5.74) is 10.2. The number of nitriles is 3. The zero-order valence-corrected chi connectivity index (χ0v) is 25.9. The van der Waals surface area contributed by atoms with Crippen LogP contribution < -0.4 is 0 Å². The average Bonchev–Trinajstić information content (AvgIpc) is 3.17. The third-order valence-corrected chi connectivity index (χ3v) is 8.68. The highest BCUT2D eigenvalue weighted by molar-refractivity contribution is 6.04. The highest BCUT2D eigenvalue weighted by Crippen LogP contribution is 2.49. The van der Waals surface area contributed by atoms with E-state index in [1.165, 1.54) is 0 Å². The van der Waals surface area contributed by atoms with Crippen molar-refractivity contribution in [3.63, 3.8) is 0 Å². The van der Waals surface area contributed by atoms with Gasteiger partial charge in [0.15, 0.2) is 0 Å². The molecule has 0 saturated carbocycles. The molecule has 7 aromatic rings. The van der Waals surface area contributed by atoms with Gasteiger partial charge in [-0.25, -0.2) is 0 Å². The molecule has 7 aromatic carbocycles. The van der Waals surface area contributed by atoms with E-state index in [9.17, 15) is 15.8 Å². The summed E-state index contributed by atoms with van der Waals surface area (Å²) < 4.78 is 0. The number of benzene rings is 7. The maximum absolute atomic E-state index is 11.1. The fourth-order valence-electron chi connectivity index (χ4n) is 6.61. The van der Waals surface area contributed by atoms with Gasteiger partial charge in [-0.15, -0.1) is 0 Å². The first-order valence-electron chi connectivity index (χ1n) is 15.6. The minimum absolute atomic E-state index is 0.288. The van der Waals surface area contributed by atoms with Gasteiger partial charge in [0, 0.05) is 16.7 Å². The molecule has 48 heavy (non-hydrogen) atoms. The molecule has 3 nitrogen and oxygen atoms in total. The average molecular weight is 610 g/mol. The van der Waals surface area contributed by atoms with E-state index < -0.39 is 0 Å². The van der Waals surface area contributed by atoms with Gasteiger partial charge < -0.3 is 0 Å². The lowest BCUT2D eigenvalue weighted by Gasteiger charge is -2.23. The van der Waals surface area contributed by atoms with Crippen LogP contribution in [0.5, 0.6) is 0 Å². The third-order valence-electron chi connectivity index (χ3n) is 8.68. The Morgan fingerprint density at radius 2 is 0.458 bits per heavy atom. The molecule has 0 saturated heterocycles. The summed E-state index contributed by atoms with van der Waals surface area (Å²) in [4.78, 5) is 0. The van der Waals surface area contributed by atoms with Gasteiger partial charge in [0.2, 0.25) is 0 Å². The zero-order chi connectivity index (χ0) is 32.9. The van der Waals surface area contributed by atoms with Crippen molar-refractivity contribution in [2.24, 2.45) is 0 Å². The van der Waals surface area contributed by atoms with Crippen LogP contribution >= 0.6 is 0 Å². The van der Waals surface area contributed by atoms with E-state index in [2.05, 4.69) is 18.2 Å². The second-order valence-corrected chi connectivity index (χ2v) is 11.3. The summed E-state index contributed by atoms with van der Waals surface area (Å²) >= 11 is 0. The number of hydrogen-bond acceptors (Lipinski definition) is 3. The molecule has 0 radical (unpaired) electrons. The Morgan fingerprint density at radius 1 is 0.250 bits per heavy atom. The van der Waals surface area contributed by atoms with E-state index in [-0.39, 0.29) is 16.7 Å². The second-order valence-electron chi connectivity index (χ2n) is 11.3. The predicted molar refractivity (Wildman–Crippen MR) is 193 cm³/mol. The van der Waals surface area contributed by atoms with E-state index in [0.29, 0.717) is 16.7 Å². The molecule has 0 bridgehead atoms. The number of rotatable bonds is 6. The van der Waals surface area contributed by atoms with Gasteiger partial charge in [-0.05, 0) is 50.1 Å². The predicted octanol–water partition coefficient (Wildman–Crippen LogP) is 11.3. The van der Waals surface area contributed by atoms with Crippen LogP contribution in [0.2, 0.25) is 0 Å². The molecule has 3 heteroatoms. The van der Waals surface area contributed by atoms with Crippen LogP contribution in [0, 0.1) is 34.0 Å². The maximum Gasteiger partial charge on any atom is 0.101 e. The van der Waals surface area contributed by atoms with Crippen LogP contribution in [0.3, 0.4) is 0 Å². The fourth-order valence-corrected chi connectivity index (χ4v) is 6.61. The molecule has 222 valence electrons. The SMILES string of the molecule is N#Cc1c(-c2ccccc2-c2ccccc2)c(C#N)c(-c2ccccc2-c2ccccc2)c(C#N)c1-c1ccccc1-c1ccccc1. The molecule has 7 rings (SSSR count). The van der Waals surface area contributed by atoms with Gasteiger partial charge in [-0.1, -0.05) is 164 Å². The molecular formula is C45H27N3. The molecule has 0 unspecified atom stereocenters. The Balaban J connectivity index is 1.70. The first-order valence-corrected chi connectivity index (χ1v) is 15.6. The Morgan fingerprint density at radius 3 is 0.688 bits per heavy atom. The van der Waals surface area contributed by atoms with E-state index in [4.69, 9.17) is 0 Å². The molecule has 0 amide bonds. The lowest BCUT2D eigenvalue weighted by Crippen LogP contribution is -2.05. The van der Waals surface area contributed by atoms with E-state index in [0.717, 1.165) is 50.1 Å². The standard InChI is InChI=1S/C45H27N3/c46-28-40-43(37-25-13-10-22-34(37)31-16-4-1-5-17-31)41(29-47)45(39-27-15-12-24-36(39)33-20-8-3-9-21-33)42(30-48)44(40)38-26-14-11-23-35(38)32-18-6-2-7-19-32/h1-27H. The van der Waals surface area contributed by atoms with Crippen LogP contribution in [0.25, 0.3) is 66.8 Å². The summed E-state index contributed by atoms with van der Waals surface area (Å²) in [6.07, 6.45) is 0. The van der Waals surface area contributed by atoms with E-state index >= 15 is 0 Å². The second kappa shape index (κ2) is 13.2. The molecular weight excluding hydrogens is 583 g/mol. The molecule has 0 aliphatic heterocycles. The monoisotopic (exact) mass is 609 g/mol. The summed E-state index contributed by atoms with van der Waals surface area (Å²) in [7, 11) is 0. The summed E-state index contributed by atoms with van der Waals surface area (Å²) in [5, 5.41) is 33.3. The van der Waals surface area contributed by atoms with Crippen molar-refractivity contribution in [1.82, 2.24) is 0 Å². The Bertz CT molecular complexity index is 2110. The minimum atomic E-state index is 0.288. The van der Waals surface area contributed by atoms with Crippen molar-refractivity contribution in [3.8, 4) is 85.0 Å². The first-order chi connectivity index (χ1) is 23.7. The molecule has 0 spiro atoms. The van der Waals surface area contributed by atoms with E-state index in [1.54, 1.807) is 0 Å². The highest BCUT2D eigenvalue weighted by atomic mass is 14.4. The van der Waals surface area contributed by atoms with Crippen molar-refractivity contribution < 1.29 is 0 Å². The van der Waals surface area contributed by atoms with Crippen LogP contribution in [0.4, 0.5) is 0 Å². The van der Waals surface area contributed by atoms with Crippen LogP contribution in [0.15, 0.2) is 164 Å². The zero-order valence-electron chi connectivity index (χ0n) is 25.9. The lowest BCUT2D eigenvalue weighted by molar-refractivity contribution is 1.40. The molecule has 0 N–H and O–H groups in total. The molecule has 0 fully saturated rings. The molecule has 0 aliphatic rings. The Kier molecular flexibility index (Phi) is 8.15.